The molecule has 1 rings (SSSR count). The zero-order valence-corrected chi connectivity index (χ0v) is 14.5. The molecule has 0 bridgehead atoms. The molecule has 0 aliphatic rings. The van der Waals surface area contributed by atoms with Crippen molar-refractivity contribution in [2.45, 2.75) is 58.1 Å². The van der Waals surface area contributed by atoms with Gasteiger partial charge in [-0.3, -0.25) is 0 Å². The smallest absolute Gasteiger partial charge is 0.167 e. The summed E-state index contributed by atoms with van der Waals surface area (Å²) >= 11 is 6.05. The largest absolute Gasteiger partial charge is 0.375 e. The standard InChI is InChI=1S/C17H24ClN3O/c1-5-6-11-22-16(2,3)12-17(4,13-19)21-20-15-10-8-7-9-14(15)18/h7-10H,5-6,11-12H2,1-4H3. The van der Waals surface area contributed by atoms with Crippen LogP contribution in [0, 0.1) is 11.3 Å². The van der Waals surface area contributed by atoms with Crippen LogP contribution in [0.3, 0.4) is 0 Å². The first-order valence-electron chi connectivity index (χ1n) is 7.54. The van der Waals surface area contributed by atoms with E-state index in [0.29, 0.717) is 23.7 Å². The Balaban J connectivity index is 2.80. The van der Waals surface area contributed by atoms with Crippen molar-refractivity contribution in [3.8, 4) is 6.07 Å². The average Bonchev–Trinajstić information content (AvgIpc) is 2.46. The number of nitriles is 1. The Morgan fingerprint density at radius 1 is 1.27 bits per heavy atom. The summed E-state index contributed by atoms with van der Waals surface area (Å²) in [5.41, 5.74) is -0.816. The Hall–Kier alpha value is -1.44. The van der Waals surface area contributed by atoms with Crippen molar-refractivity contribution in [1.29, 1.82) is 5.26 Å². The molecule has 5 heteroatoms. The van der Waals surface area contributed by atoms with Crippen molar-refractivity contribution in [3.63, 3.8) is 0 Å². The van der Waals surface area contributed by atoms with Crippen LogP contribution < -0.4 is 0 Å². The van der Waals surface area contributed by atoms with Gasteiger partial charge >= 0.3 is 0 Å². The number of benzene rings is 1. The summed E-state index contributed by atoms with van der Waals surface area (Å²) < 4.78 is 5.86. The molecule has 0 aliphatic carbocycles. The highest BCUT2D eigenvalue weighted by Gasteiger charge is 2.33. The second-order valence-corrected chi connectivity index (χ2v) is 6.58. The number of halogens is 1. The van der Waals surface area contributed by atoms with E-state index in [9.17, 15) is 5.26 Å². The van der Waals surface area contributed by atoms with Gasteiger partial charge in [-0.1, -0.05) is 37.1 Å². The zero-order valence-electron chi connectivity index (χ0n) is 13.8. The van der Waals surface area contributed by atoms with Crippen molar-refractivity contribution in [2.75, 3.05) is 6.61 Å². The van der Waals surface area contributed by atoms with Crippen LogP contribution in [0.4, 0.5) is 5.69 Å². The average molecular weight is 322 g/mol. The summed E-state index contributed by atoms with van der Waals surface area (Å²) in [6.45, 7) is 8.52. The Kier molecular flexibility index (Phi) is 6.99. The number of hydrogen-bond donors (Lipinski definition) is 0. The summed E-state index contributed by atoms with van der Waals surface area (Å²) in [7, 11) is 0. The lowest BCUT2D eigenvalue weighted by molar-refractivity contribution is -0.0328. The van der Waals surface area contributed by atoms with Gasteiger partial charge in [-0.25, -0.2) is 0 Å². The van der Waals surface area contributed by atoms with E-state index in [4.69, 9.17) is 16.3 Å². The minimum Gasteiger partial charge on any atom is -0.375 e. The normalized spacial score (nSPS) is 14.7. The monoisotopic (exact) mass is 321 g/mol. The topological polar surface area (TPSA) is 57.7 Å². The van der Waals surface area contributed by atoms with Gasteiger partial charge in [-0.15, -0.1) is 0 Å². The number of ether oxygens (including phenoxy) is 1. The summed E-state index contributed by atoms with van der Waals surface area (Å²) in [6, 6.07) is 9.41. The highest BCUT2D eigenvalue weighted by atomic mass is 35.5. The number of azo groups is 1. The van der Waals surface area contributed by atoms with Crippen LogP contribution in [0.2, 0.25) is 5.02 Å². The van der Waals surface area contributed by atoms with Gasteiger partial charge in [-0.05, 0) is 39.3 Å². The second-order valence-electron chi connectivity index (χ2n) is 6.18. The second kappa shape index (κ2) is 8.26. The molecule has 0 fully saturated rings. The third-order valence-corrected chi connectivity index (χ3v) is 3.55. The predicted octanol–water partition coefficient (Wildman–Crippen LogP) is 5.69. The molecule has 1 atom stereocenters. The Labute approximate surface area is 138 Å². The lowest BCUT2D eigenvalue weighted by Crippen LogP contribution is -2.35. The molecule has 1 aromatic rings. The molecule has 0 heterocycles. The lowest BCUT2D eigenvalue weighted by atomic mass is 9.89. The third kappa shape index (κ3) is 6.13. The molecule has 0 saturated heterocycles. The summed E-state index contributed by atoms with van der Waals surface area (Å²) in [4.78, 5) is 0. The molecule has 1 aromatic carbocycles. The van der Waals surface area contributed by atoms with E-state index < -0.39 is 11.1 Å². The predicted molar refractivity (Wildman–Crippen MR) is 89.5 cm³/mol. The first kappa shape index (κ1) is 18.6. The Bertz CT molecular complexity index is 551. The van der Waals surface area contributed by atoms with E-state index in [1.807, 2.05) is 26.0 Å². The summed E-state index contributed by atoms with van der Waals surface area (Å²) in [5.74, 6) is 0. The molecule has 22 heavy (non-hydrogen) atoms. The number of unbranched alkanes of at least 4 members (excludes halogenated alkanes) is 1. The molecule has 0 N–H and O–H groups in total. The van der Waals surface area contributed by atoms with Crippen molar-refractivity contribution in [1.82, 2.24) is 0 Å². The number of hydrogen-bond acceptors (Lipinski definition) is 4. The van der Waals surface area contributed by atoms with Gasteiger partial charge in [0.1, 0.15) is 5.69 Å². The molecule has 0 spiro atoms. The molecule has 0 saturated carbocycles. The van der Waals surface area contributed by atoms with Crippen molar-refractivity contribution < 1.29 is 4.74 Å². The highest BCUT2D eigenvalue weighted by Crippen LogP contribution is 2.30. The molecular formula is C17H24ClN3O. The van der Waals surface area contributed by atoms with E-state index in [-0.39, 0.29) is 0 Å². The Morgan fingerprint density at radius 3 is 2.55 bits per heavy atom. The molecular weight excluding hydrogens is 298 g/mol. The molecule has 0 aromatic heterocycles. The van der Waals surface area contributed by atoms with Gasteiger partial charge in [0.2, 0.25) is 0 Å². The Morgan fingerprint density at radius 2 is 1.95 bits per heavy atom. The van der Waals surface area contributed by atoms with Crippen LogP contribution in [-0.2, 0) is 4.74 Å². The van der Waals surface area contributed by atoms with Gasteiger partial charge in [0.05, 0.1) is 16.7 Å². The third-order valence-electron chi connectivity index (χ3n) is 3.23. The van der Waals surface area contributed by atoms with E-state index in [1.165, 1.54) is 0 Å². The fraction of sp³-hybridized carbons (Fsp3) is 0.588. The molecule has 1 unspecified atom stereocenters. The van der Waals surface area contributed by atoms with E-state index in [0.717, 1.165) is 12.8 Å². The van der Waals surface area contributed by atoms with Crippen LogP contribution in [-0.4, -0.2) is 17.7 Å². The maximum atomic E-state index is 9.48. The van der Waals surface area contributed by atoms with Crippen LogP contribution >= 0.6 is 11.6 Å². The van der Waals surface area contributed by atoms with Gasteiger partial charge in [0, 0.05) is 13.0 Å². The summed E-state index contributed by atoms with van der Waals surface area (Å²) in [5, 5.41) is 18.4. The van der Waals surface area contributed by atoms with E-state index in [2.05, 4.69) is 23.2 Å². The molecule has 0 aliphatic heterocycles. The van der Waals surface area contributed by atoms with Crippen molar-refractivity contribution >= 4 is 17.3 Å². The molecule has 0 amide bonds. The van der Waals surface area contributed by atoms with Crippen LogP contribution in [0.15, 0.2) is 34.5 Å². The molecule has 120 valence electrons. The lowest BCUT2D eigenvalue weighted by Gasteiger charge is -2.30. The maximum Gasteiger partial charge on any atom is 0.167 e. The van der Waals surface area contributed by atoms with E-state index in [1.54, 1.807) is 19.1 Å². The summed E-state index contributed by atoms with van der Waals surface area (Å²) in [6.07, 6.45) is 2.56. The quantitative estimate of drug-likeness (QED) is 0.456. The van der Waals surface area contributed by atoms with Crippen LogP contribution in [0.25, 0.3) is 0 Å². The first-order chi connectivity index (χ1) is 10.3. The van der Waals surface area contributed by atoms with Crippen molar-refractivity contribution in [3.05, 3.63) is 29.3 Å². The van der Waals surface area contributed by atoms with Gasteiger partial charge in [-0.2, -0.15) is 15.5 Å². The first-order valence-corrected chi connectivity index (χ1v) is 7.92. The van der Waals surface area contributed by atoms with Crippen molar-refractivity contribution in [2.24, 2.45) is 10.2 Å². The number of nitrogens with zero attached hydrogens (tertiary/aromatic N) is 3. The SMILES string of the molecule is CCCCOC(C)(C)CC(C)(C#N)N=Nc1ccccc1Cl. The van der Waals surface area contributed by atoms with Gasteiger partial charge < -0.3 is 4.74 Å². The van der Waals surface area contributed by atoms with Crippen LogP contribution in [0.5, 0.6) is 0 Å². The maximum absolute atomic E-state index is 9.48. The fourth-order valence-electron chi connectivity index (χ4n) is 2.17. The minimum absolute atomic E-state index is 0.431. The molecule has 0 radical (unpaired) electrons. The van der Waals surface area contributed by atoms with E-state index >= 15 is 0 Å². The van der Waals surface area contributed by atoms with Crippen LogP contribution in [0.1, 0.15) is 47.0 Å². The highest BCUT2D eigenvalue weighted by molar-refractivity contribution is 6.32. The fourth-order valence-corrected chi connectivity index (χ4v) is 2.34. The number of rotatable bonds is 8. The van der Waals surface area contributed by atoms with Gasteiger partial charge in [0.15, 0.2) is 5.54 Å². The van der Waals surface area contributed by atoms with Gasteiger partial charge in [0.25, 0.3) is 0 Å². The zero-order chi connectivity index (χ0) is 16.6. The molecule has 4 nitrogen and oxygen atoms in total. The minimum atomic E-state index is -0.950.